The van der Waals surface area contributed by atoms with Crippen LogP contribution in [0.3, 0.4) is 0 Å². The number of thiophene rings is 1. The van der Waals surface area contributed by atoms with Crippen LogP contribution in [0.4, 0.5) is 4.79 Å². The third kappa shape index (κ3) is 7.04. The lowest BCUT2D eigenvalue weighted by atomic mass is 10.5. The number of hydrogen-bond donors (Lipinski definition) is 2. The van der Waals surface area contributed by atoms with Crippen molar-refractivity contribution in [2.24, 2.45) is 5.73 Å². The van der Waals surface area contributed by atoms with Crippen molar-refractivity contribution in [3.8, 4) is 0 Å². The van der Waals surface area contributed by atoms with Crippen LogP contribution in [0.15, 0.2) is 12.1 Å². The van der Waals surface area contributed by atoms with Crippen molar-refractivity contribution < 1.29 is 19.1 Å². The number of carbonyl (C=O) groups is 3. The molecule has 0 fully saturated rings. The van der Waals surface area contributed by atoms with Gasteiger partial charge in [0.25, 0.3) is 5.91 Å². The fourth-order valence-corrected chi connectivity index (χ4v) is 3.04. The van der Waals surface area contributed by atoms with Crippen molar-refractivity contribution in [3.63, 3.8) is 0 Å². The SMILES string of the molecule is NC(=O)NC(=O)COC(=O)CSCc1ccc(Cl)s1. The largest absolute Gasteiger partial charge is 0.455 e. The topological polar surface area (TPSA) is 98.5 Å². The third-order valence-electron chi connectivity index (χ3n) is 1.72. The van der Waals surface area contributed by atoms with Crippen LogP contribution in [0, 0.1) is 0 Å². The Morgan fingerprint density at radius 3 is 2.74 bits per heavy atom. The summed E-state index contributed by atoms with van der Waals surface area (Å²) in [7, 11) is 0. The molecule has 0 bridgehead atoms. The lowest BCUT2D eigenvalue weighted by molar-refractivity contribution is -0.145. The number of rotatable bonds is 6. The van der Waals surface area contributed by atoms with Crippen LogP contribution in [0.25, 0.3) is 0 Å². The van der Waals surface area contributed by atoms with Gasteiger partial charge in [0, 0.05) is 10.6 Å². The first-order valence-electron chi connectivity index (χ1n) is 5.04. The van der Waals surface area contributed by atoms with Crippen LogP contribution in [-0.2, 0) is 20.1 Å². The van der Waals surface area contributed by atoms with Crippen molar-refractivity contribution in [1.82, 2.24) is 5.32 Å². The van der Waals surface area contributed by atoms with Gasteiger partial charge in [-0.2, -0.15) is 0 Å². The first-order chi connectivity index (χ1) is 8.97. The Kier molecular flexibility index (Phi) is 6.68. The summed E-state index contributed by atoms with van der Waals surface area (Å²) in [5, 5.41) is 1.79. The molecule has 0 aliphatic rings. The molecule has 0 saturated heterocycles. The molecule has 0 saturated carbocycles. The highest BCUT2D eigenvalue weighted by Crippen LogP contribution is 2.25. The molecule has 1 aromatic heterocycles. The van der Waals surface area contributed by atoms with E-state index in [1.807, 2.05) is 6.07 Å². The molecule has 19 heavy (non-hydrogen) atoms. The van der Waals surface area contributed by atoms with E-state index in [2.05, 4.69) is 4.74 Å². The number of carbonyl (C=O) groups excluding carboxylic acids is 3. The number of esters is 1. The predicted molar refractivity (Wildman–Crippen MR) is 74.2 cm³/mol. The van der Waals surface area contributed by atoms with E-state index in [1.54, 1.807) is 11.4 Å². The smallest absolute Gasteiger partial charge is 0.318 e. The molecule has 0 aromatic carbocycles. The van der Waals surface area contributed by atoms with Crippen molar-refractivity contribution in [2.45, 2.75) is 5.75 Å². The van der Waals surface area contributed by atoms with E-state index in [9.17, 15) is 14.4 Å². The summed E-state index contributed by atoms with van der Waals surface area (Å²) in [6, 6.07) is 2.69. The second-order valence-corrected chi connectivity index (χ2v) is 6.06. The van der Waals surface area contributed by atoms with Gasteiger partial charge in [-0.3, -0.25) is 14.9 Å². The Hall–Kier alpha value is -1.25. The minimum Gasteiger partial charge on any atom is -0.455 e. The number of thioether (sulfide) groups is 1. The molecule has 0 aliphatic heterocycles. The first-order valence-corrected chi connectivity index (χ1v) is 7.39. The van der Waals surface area contributed by atoms with E-state index < -0.39 is 24.5 Å². The second-order valence-electron chi connectivity index (χ2n) is 3.27. The first kappa shape index (κ1) is 15.8. The molecule has 1 heterocycles. The van der Waals surface area contributed by atoms with Crippen LogP contribution in [-0.4, -0.2) is 30.3 Å². The van der Waals surface area contributed by atoms with Gasteiger partial charge < -0.3 is 10.5 Å². The summed E-state index contributed by atoms with van der Waals surface area (Å²) in [6.07, 6.45) is 0. The minimum atomic E-state index is -0.981. The van der Waals surface area contributed by atoms with E-state index in [-0.39, 0.29) is 5.75 Å². The molecule has 0 radical (unpaired) electrons. The van der Waals surface area contributed by atoms with Crippen molar-refractivity contribution in [2.75, 3.05) is 12.4 Å². The Morgan fingerprint density at radius 1 is 1.42 bits per heavy atom. The number of ether oxygens (including phenoxy) is 1. The second kappa shape index (κ2) is 8.03. The number of urea groups is 1. The van der Waals surface area contributed by atoms with Crippen LogP contribution in [0.1, 0.15) is 4.88 Å². The number of imide groups is 1. The molecule has 3 amide bonds. The third-order valence-corrected chi connectivity index (χ3v) is 4.09. The fraction of sp³-hybridized carbons (Fsp3) is 0.300. The van der Waals surface area contributed by atoms with Gasteiger partial charge in [0.05, 0.1) is 10.1 Å². The number of nitrogens with two attached hydrogens (primary N) is 1. The minimum absolute atomic E-state index is 0.110. The average Bonchev–Trinajstić information content (AvgIpc) is 2.71. The summed E-state index contributed by atoms with van der Waals surface area (Å²) in [5.74, 6) is -0.539. The number of nitrogens with one attached hydrogen (secondary N) is 1. The molecule has 0 unspecified atom stereocenters. The molecule has 9 heteroatoms. The van der Waals surface area contributed by atoms with E-state index in [4.69, 9.17) is 17.3 Å². The number of hydrogen-bond acceptors (Lipinski definition) is 6. The molecular weight excluding hydrogens is 312 g/mol. The van der Waals surface area contributed by atoms with E-state index in [1.165, 1.54) is 23.1 Å². The fourth-order valence-electron chi connectivity index (χ4n) is 1.03. The normalized spacial score (nSPS) is 9.95. The van der Waals surface area contributed by atoms with Crippen LogP contribution in [0.2, 0.25) is 4.34 Å². The average molecular weight is 323 g/mol. The summed E-state index contributed by atoms with van der Waals surface area (Å²) in [5.41, 5.74) is 4.72. The Labute approximate surface area is 122 Å². The molecule has 1 aromatic rings. The molecule has 0 spiro atoms. The van der Waals surface area contributed by atoms with Gasteiger partial charge in [0.15, 0.2) is 6.61 Å². The van der Waals surface area contributed by atoms with E-state index in [0.29, 0.717) is 10.1 Å². The van der Waals surface area contributed by atoms with E-state index >= 15 is 0 Å². The molecule has 0 atom stereocenters. The highest BCUT2D eigenvalue weighted by molar-refractivity contribution is 7.99. The van der Waals surface area contributed by atoms with Gasteiger partial charge in [-0.25, -0.2) is 4.79 Å². The Balaban J connectivity index is 2.14. The molecule has 1 rings (SSSR count). The highest BCUT2D eigenvalue weighted by Gasteiger charge is 2.09. The van der Waals surface area contributed by atoms with Gasteiger partial charge in [-0.15, -0.1) is 23.1 Å². The van der Waals surface area contributed by atoms with E-state index in [0.717, 1.165) is 4.88 Å². The van der Waals surface area contributed by atoms with Crippen molar-refractivity contribution in [1.29, 1.82) is 0 Å². The van der Waals surface area contributed by atoms with Crippen LogP contribution in [0.5, 0.6) is 0 Å². The molecule has 104 valence electrons. The monoisotopic (exact) mass is 322 g/mol. The van der Waals surface area contributed by atoms with Gasteiger partial charge in [-0.05, 0) is 12.1 Å². The van der Waals surface area contributed by atoms with Crippen LogP contribution >= 0.6 is 34.7 Å². The summed E-state index contributed by atoms with van der Waals surface area (Å²) >= 11 is 8.55. The van der Waals surface area contributed by atoms with Gasteiger partial charge >= 0.3 is 12.0 Å². The molecule has 3 N–H and O–H groups in total. The quantitative estimate of drug-likeness (QED) is 0.771. The van der Waals surface area contributed by atoms with Crippen molar-refractivity contribution in [3.05, 3.63) is 21.3 Å². The lowest BCUT2D eigenvalue weighted by Gasteiger charge is -2.03. The highest BCUT2D eigenvalue weighted by atomic mass is 35.5. The zero-order chi connectivity index (χ0) is 14.3. The van der Waals surface area contributed by atoms with Gasteiger partial charge in [0.2, 0.25) is 0 Å². The van der Waals surface area contributed by atoms with Crippen LogP contribution < -0.4 is 11.1 Å². The maximum atomic E-state index is 11.3. The standard InChI is InChI=1S/C10H11ClN2O4S2/c11-7-2-1-6(19-7)4-18-5-9(15)17-3-8(14)13-10(12)16/h1-2H,3-5H2,(H3,12,13,14,16). The lowest BCUT2D eigenvalue weighted by Crippen LogP contribution is -2.37. The maximum Gasteiger partial charge on any atom is 0.318 e. The number of primary amides is 1. The van der Waals surface area contributed by atoms with Gasteiger partial charge in [0.1, 0.15) is 0 Å². The molecule has 6 nitrogen and oxygen atoms in total. The predicted octanol–water partition coefficient (Wildman–Crippen LogP) is 1.37. The zero-order valence-electron chi connectivity index (χ0n) is 9.68. The number of amides is 3. The number of halogens is 1. The van der Waals surface area contributed by atoms with Crippen molar-refractivity contribution >= 4 is 52.6 Å². The summed E-state index contributed by atoms with van der Waals surface area (Å²) in [4.78, 5) is 33.6. The maximum absolute atomic E-state index is 11.3. The molecular formula is C10H11ClN2O4S2. The Bertz CT molecular complexity index is 478. The van der Waals surface area contributed by atoms with Gasteiger partial charge in [-0.1, -0.05) is 11.6 Å². The summed E-state index contributed by atoms with van der Waals surface area (Å²) < 4.78 is 5.34. The zero-order valence-corrected chi connectivity index (χ0v) is 12.1. The molecule has 0 aliphatic carbocycles. The Morgan fingerprint density at radius 2 is 2.16 bits per heavy atom. The summed E-state index contributed by atoms with van der Waals surface area (Å²) in [6.45, 7) is -0.521.